The highest BCUT2D eigenvalue weighted by molar-refractivity contribution is 5.86. The van der Waals surface area contributed by atoms with Gasteiger partial charge in [0.15, 0.2) is 11.5 Å². The van der Waals surface area contributed by atoms with Gasteiger partial charge in [-0.2, -0.15) is 0 Å². The SMILES string of the molecule is COc1ccc([C@H](CC(=O)N2CCC(n3c(=O)[nH]c4ccccc43)CC2)c2c[nH]c3ccccc23)cc1OC. The summed E-state index contributed by atoms with van der Waals surface area (Å²) >= 11 is 0. The number of ether oxygens (including phenoxy) is 2. The number of benzene rings is 3. The maximum atomic E-state index is 13.7. The number of imidazole rings is 1. The van der Waals surface area contributed by atoms with Gasteiger partial charge in [-0.15, -0.1) is 0 Å². The zero-order valence-electron chi connectivity index (χ0n) is 22.1. The van der Waals surface area contributed by atoms with Crippen LogP contribution in [-0.4, -0.2) is 52.7 Å². The predicted octanol–water partition coefficient (Wildman–Crippen LogP) is 5.21. The van der Waals surface area contributed by atoms with E-state index in [0.29, 0.717) is 31.0 Å². The second kappa shape index (κ2) is 10.4. The van der Waals surface area contributed by atoms with Crippen molar-refractivity contribution in [3.05, 3.63) is 94.5 Å². The van der Waals surface area contributed by atoms with Crippen LogP contribution in [0.3, 0.4) is 0 Å². The highest BCUT2D eigenvalue weighted by Crippen LogP contribution is 2.38. The Hall–Kier alpha value is -4.46. The van der Waals surface area contributed by atoms with Gasteiger partial charge in [-0.1, -0.05) is 36.4 Å². The molecule has 1 amide bonds. The smallest absolute Gasteiger partial charge is 0.326 e. The Balaban J connectivity index is 1.25. The molecule has 2 aromatic heterocycles. The number of carbonyl (C=O) groups is 1. The van der Waals surface area contributed by atoms with Crippen LogP contribution < -0.4 is 15.2 Å². The number of fused-ring (bicyclic) bond motifs is 2. The largest absolute Gasteiger partial charge is 0.493 e. The van der Waals surface area contributed by atoms with Gasteiger partial charge in [0, 0.05) is 48.6 Å². The van der Waals surface area contributed by atoms with Crippen LogP contribution in [0.4, 0.5) is 0 Å². The molecule has 1 atom stereocenters. The Labute approximate surface area is 226 Å². The topological polar surface area (TPSA) is 92.4 Å². The molecule has 0 spiro atoms. The van der Waals surface area contributed by atoms with Gasteiger partial charge < -0.3 is 24.3 Å². The number of aromatic amines is 2. The second-order valence-electron chi connectivity index (χ2n) is 10.1. The van der Waals surface area contributed by atoms with E-state index >= 15 is 0 Å². The molecule has 2 N–H and O–H groups in total. The Morgan fingerprint density at radius 1 is 0.949 bits per heavy atom. The molecule has 3 heterocycles. The van der Waals surface area contributed by atoms with E-state index in [1.54, 1.807) is 14.2 Å². The Bertz CT molecular complexity index is 1690. The number of likely N-dealkylation sites (tertiary alicyclic amines) is 1. The van der Waals surface area contributed by atoms with Crippen LogP contribution in [0.1, 0.15) is 42.3 Å². The van der Waals surface area contributed by atoms with Crippen molar-refractivity contribution in [1.29, 1.82) is 0 Å². The van der Waals surface area contributed by atoms with Crippen molar-refractivity contribution in [2.75, 3.05) is 27.3 Å². The maximum Gasteiger partial charge on any atom is 0.326 e. The summed E-state index contributed by atoms with van der Waals surface area (Å²) in [7, 11) is 3.24. The van der Waals surface area contributed by atoms with E-state index in [2.05, 4.69) is 16.0 Å². The molecule has 0 bridgehead atoms. The molecule has 1 fully saturated rings. The molecule has 39 heavy (non-hydrogen) atoms. The van der Waals surface area contributed by atoms with Crippen molar-refractivity contribution in [3.63, 3.8) is 0 Å². The molecule has 8 heteroatoms. The van der Waals surface area contributed by atoms with Crippen molar-refractivity contribution in [2.45, 2.75) is 31.2 Å². The van der Waals surface area contributed by atoms with Crippen LogP contribution in [0, 0.1) is 0 Å². The number of hydrogen-bond acceptors (Lipinski definition) is 4. The normalized spacial score (nSPS) is 15.1. The lowest BCUT2D eigenvalue weighted by Crippen LogP contribution is -2.41. The third-order valence-electron chi connectivity index (χ3n) is 7.99. The number of aromatic nitrogens is 3. The number of H-pyrrole nitrogens is 2. The molecule has 1 aliphatic heterocycles. The lowest BCUT2D eigenvalue weighted by atomic mass is 9.87. The van der Waals surface area contributed by atoms with Gasteiger partial charge in [0.05, 0.1) is 25.3 Å². The Kier molecular flexibility index (Phi) is 6.60. The minimum Gasteiger partial charge on any atom is -0.493 e. The summed E-state index contributed by atoms with van der Waals surface area (Å²) in [5, 5.41) is 1.10. The van der Waals surface area contributed by atoms with Crippen LogP contribution in [0.25, 0.3) is 21.9 Å². The van der Waals surface area contributed by atoms with E-state index < -0.39 is 0 Å². The third-order valence-corrected chi connectivity index (χ3v) is 7.99. The van der Waals surface area contributed by atoms with Crippen molar-refractivity contribution in [1.82, 2.24) is 19.4 Å². The molecule has 0 saturated carbocycles. The summed E-state index contributed by atoms with van der Waals surface area (Å²) in [5.74, 6) is 1.23. The predicted molar refractivity (Wildman–Crippen MR) is 152 cm³/mol. The summed E-state index contributed by atoms with van der Waals surface area (Å²) in [6.45, 7) is 1.23. The fourth-order valence-corrected chi connectivity index (χ4v) is 5.97. The number of nitrogens with zero attached hydrogens (tertiary/aromatic N) is 2. The fraction of sp³-hybridized carbons (Fsp3) is 0.290. The van der Waals surface area contributed by atoms with E-state index in [-0.39, 0.29) is 23.6 Å². The van der Waals surface area contributed by atoms with Crippen LogP contribution in [0.15, 0.2) is 77.7 Å². The number of rotatable bonds is 7. The van der Waals surface area contributed by atoms with Gasteiger partial charge >= 0.3 is 5.69 Å². The van der Waals surface area contributed by atoms with Gasteiger partial charge in [-0.3, -0.25) is 9.36 Å². The number of carbonyl (C=O) groups excluding carboxylic acids is 1. The Morgan fingerprint density at radius 3 is 2.44 bits per heavy atom. The van der Waals surface area contributed by atoms with Crippen molar-refractivity contribution in [2.24, 2.45) is 0 Å². The zero-order chi connectivity index (χ0) is 26.9. The molecular weight excluding hydrogens is 492 g/mol. The summed E-state index contributed by atoms with van der Waals surface area (Å²) < 4.78 is 12.9. The van der Waals surface area contributed by atoms with E-state index in [0.717, 1.165) is 45.9 Å². The fourth-order valence-electron chi connectivity index (χ4n) is 5.97. The van der Waals surface area contributed by atoms with E-state index in [1.165, 1.54) is 0 Å². The van der Waals surface area contributed by atoms with Crippen LogP contribution in [-0.2, 0) is 4.79 Å². The molecule has 3 aromatic carbocycles. The minimum absolute atomic E-state index is 0.0629. The average Bonchev–Trinajstić information content (AvgIpc) is 3.55. The van der Waals surface area contributed by atoms with Crippen molar-refractivity contribution < 1.29 is 14.3 Å². The number of amides is 1. The third kappa shape index (κ3) is 4.56. The first-order valence-electron chi connectivity index (χ1n) is 13.3. The maximum absolute atomic E-state index is 13.7. The molecule has 8 nitrogen and oxygen atoms in total. The number of para-hydroxylation sites is 3. The first-order valence-corrected chi connectivity index (χ1v) is 13.3. The lowest BCUT2D eigenvalue weighted by molar-refractivity contribution is -0.132. The minimum atomic E-state index is -0.164. The van der Waals surface area contributed by atoms with E-state index in [4.69, 9.17) is 9.47 Å². The lowest BCUT2D eigenvalue weighted by Gasteiger charge is -2.33. The number of piperidine rings is 1. The monoisotopic (exact) mass is 524 g/mol. The molecule has 1 saturated heterocycles. The highest BCUT2D eigenvalue weighted by Gasteiger charge is 2.29. The van der Waals surface area contributed by atoms with Crippen LogP contribution >= 0.6 is 0 Å². The summed E-state index contributed by atoms with van der Waals surface area (Å²) in [6, 6.07) is 21.9. The van der Waals surface area contributed by atoms with Crippen molar-refractivity contribution in [3.8, 4) is 11.5 Å². The molecule has 0 radical (unpaired) electrons. The van der Waals surface area contributed by atoms with E-state index in [1.807, 2.05) is 76.3 Å². The second-order valence-corrected chi connectivity index (χ2v) is 10.1. The quantitative estimate of drug-likeness (QED) is 0.306. The number of methoxy groups -OCH3 is 2. The van der Waals surface area contributed by atoms with Gasteiger partial charge in [0.25, 0.3) is 0 Å². The van der Waals surface area contributed by atoms with Crippen LogP contribution in [0.5, 0.6) is 11.5 Å². The molecule has 6 rings (SSSR count). The average molecular weight is 525 g/mol. The summed E-state index contributed by atoms with van der Waals surface area (Å²) in [6.07, 6.45) is 3.81. The Morgan fingerprint density at radius 2 is 1.67 bits per heavy atom. The molecule has 0 aliphatic carbocycles. The first-order chi connectivity index (χ1) is 19.1. The van der Waals surface area contributed by atoms with Crippen LogP contribution in [0.2, 0.25) is 0 Å². The summed E-state index contributed by atoms with van der Waals surface area (Å²) in [5.41, 5.74) is 4.78. The van der Waals surface area contributed by atoms with Crippen molar-refractivity contribution >= 4 is 27.8 Å². The first kappa shape index (κ1) is 24.9. The standard InChI is InChI=1S/C31H32N4O4/c1-38-28-12-11-20(17-29(28)39-2)23(24-19-32-25-8-4-3-7-22(24)25)18-30(36)34-15-13-21(14-16-34)35-27-10-6-5-9-26(27)33-31(35)37/h3-12,17,19,21,23,32H,13-16,18H2,1-2H3,(H,33,37)/t23-/m0/s1. The summed E-state index contributed by atoms with van der Waals surface area (Å²) in [4.78, 5) is 34.7. The van der Waals surface area contributed by atoms with Gasteiger partial charge in [0.2, 0.25) is 5.91 Å². The number of hydrogen-bond donors (Lipinski definition) is 2. The van der Waals surface area contributed by atoms with Gasteiger partial charge in [-0.25, -0.2) is 4.79 Å². The molecule has 1 aliphatic rings. The number of nitrogens with one attached hydrogen (secondary N) is 2. The molecule has 5 aromatic rings. The molecule has 200 valence electrons. The van der Waals surface area contributed by atoms with E-state index in [9.17, 15) is 9.59 Å². The van der Waals surface area contributed by atoms with Gasteiger partial charge in [0.1, 0.15) is 0 Å². The molecular formula is C31H32N4O4. The highest BCUT2D eigenvalue weighted by atomic mass is 16.5. The van der Waals surface area contributed by atoms with Gasteiger partial charge in [-0.05, 0) is 54.3 Å². The molecule has 0 unspecified atom stereocenters. The zero-order valence-corrected chi connectivity index (χ0v) is 22.1.